The molecule has 224 valence electrons. The van der Waals surface area contributed by atoms with E-state index in [1.165, 1.54) is 0 Å². The van der Waals surface area contributed by atoms with Crippen LogP contribution in [0, 0.1) is 5.92 Å². The highest BCUT2D eigenvalue weighted by Gasteiger charge is 2.47. The number of carbonyl (C=O) groups is 1. The number of benzene rings is 1. The molecule has 2 bridgehead atoms. The Bertz CT molecular complexity index is 1020. The van der Waals surface area contributed by atoms with Gasteiger partial charge in [-0.1, -0.05) is 37.3 Å². The lowest BCUT2D eigenvalue weighted by Crippen LogP contribution is -2.59. The number of nitrogens with zero attached hydrogens (tertiary/aromatic N) is 3. The molecule has 0 radical (unpaired) electrons. The number of ether oxygens (including phenoxy) is 2. The summed E-state index contributed by atoms with van der Waals surface area (Å²) in [5.41, 5.74) is 0.906. The maximum Gasteiger partial charge on any atom is 0.258 e. The summed E-state index contributed by atoms with van der Waals surface area (Å²) < 4.78 is 26.7. The third-order valence-electron chi connectivity index (χ3n) is 9.18. The standard InChI is InChI=1S/C32H49FN4O3.H2/c1-5-7-28(26-10-8-25(9-11-26)24-40-23-22-39-4)34-29(6-2)37-20-15-32(33,16-21-37)30(38)35-31(3)14-19-36-17-12-27(31)13-18-36;/h5,7-11,27,29H,6,12-24H2,1-4H3,(H,35,38);1H/b7-5-,34-28+;. The van der Waals surface area contributed by atoms with Crippen molar-refractivity contribution in [3.63, 3.8) is 0 Å². The average molecular weight is 559 g/mol. The Balaban J connectivity index is 0.00000462. The van der Waals surface area contributed by atoms with Gasteiger partial charge in [-0.15, -0.1) is 0 Å². The smallest absolute Gasteiger partial charge is 0.258 e. The molecule has 40 heavy (non-hydrogen) atoms. The van der Waals surface area contributed by atoms with E-state index in [0.717, 1.165) is 62.2 Å². The van der Waals surface area contributed by atoms with Gasteiger partial charge in [0.15, 0.2) is 5.67 Å². The van der Waals surface area contributed by atoms with E-state index in [1.807, 2.05) is 19.1 Å². The predicted molar refractivity (Wildman–Crippen MR) is 160 cm³/mol. The second kappa shape index (κ2) is 14.2. The van der Waals surface area contributed by atoms with Crippen molar-refractivity contribution in [3.05, 3.63) is 47.5 Å². The summed E-state index contributed by atoms with van der Waals surface area (Å²) in [6, 6.07) is 8.28. The minimum absolute atomic E-state index is 0. The molecule has 0 aromatic heterocycles. The highest BCUT2D eigenvalue weighted by molar-refractivity contribution is 6.08. The minimum atomic E-state index is -1.82. The second-order valence-electron chi connectivity index (χ2n) is 11.9. The molecule has 5 rings (SSSR count). The Morgan fingerprint density at radius 1 is 1.15 bits per heavy atom. The lowest BCUT2D eigenvalue weighted by atomic mass is 9.78. The fraction of sp³-hybridized carbons (Fsp3) is 0.688. The highest BCUT2D eigenvalue weighted by atomic mass is 19.1. The molecule has 8 heteroatoms. The fourth-order valence-electron chi connectivity index (χ4n) is 6.40. The van der Waals surface area contributed by atoms with E-state index < -0.39 is 11.6 Å². The van der Waals surface area contributed by atoms with Crippen molar-refractivity contribution in [2.75, 3.05) is 53.0 Å². The Morgan fingerprint density at radius 3 is 2.48 bits per heavy atom. The third kappa shape index (κ3) is 7.58. The molecule has 7 nitrogen and oxygen atoms in total. The third-order valence-corrected chi connectivity index (χ3v) is 9.18. The van der Waals surface area contributed by atoms with E-state index >= 15 is 4.39 Å². The second-order valence-corrected chi connectivity index (χ2v) is 11.9. The van der Waals surface area contributed by atoms with Gasteiger partial charge in [-0.2, -0.15) is 0 Å². The van der Waals surface area contributed by atoms with E-state index in [-0.39, 0.29) is 26.0 Å². The first-order valence-electron chi connectivity index (χ1n) is 15.1. The van der Waals surface area contributed by atoms with Crippen LogP contribution in [0.1, 0.15) is 71.8 Å². The van der Waals surface area contributed by atoms with Gasteiger partial charge in [-0.05, 0) is 75.7 Å². The molecule has 4 aliphatic heterocycles. The molecule has 0 spiro atoms. The van der Waals surface area contributed by atoms with Gasteiger partial charge in [-0.25, -0.2) is 4.39 Å². The first kappa shape index (κ1) is 30.8. The van der Waals surface area contributed by atoms with Gasteiger partial charge in [0.2, 0.25) is 0 Å². The van der Waals surface area contributed by atoms with Crippen LogP contribution >= 0.6 is 0 Å². The Morgan fingerprint density at radius 2 is 1.85 bits per heavy atom. The number of piperidine rings is 2. The van der Waals surface area contributed by atoms with Crippen molar-refractivity contribution >= 4 is 11.6 Å². The Hall–Kier alpha value is -2.13. The molecule has 2 atom stereocenters. The number of aliphatic imine (C=N–C) groups is 1. The lowest BCUT2D eigenvalue weighted by Gasteiger charge is -2.42. The Labute approximate surface area is 241 Å². The van der Waals surface area contributed by atoms with Gasteiger partial charge in [0, 0.05) is 46.6 Å². The summed E-state index contributed by atoms with van der Waals surface area (Å²) >= 11 is 0. The molecule has 4 aliphatic rings. The summed E-state index contributed by atoms with van der Waals surface area (Å²) in [5.74, 6) is 0.0208. The zero-order valence-electron chi connectivity index (χ0n) is 25.0. The van der Waals surface area contributed by atoms with Crippen LogP contribution in [0.3, 0.4) is 0 Å². The maximum atomic E-state index is 16.1. The first-order valence-corrected chi connectivity index (χ1v) is 15.1. The highest BCUT2D eigenvalue weighted by Crippen LogP contribution is 2.37. The van der Waals surface area contributed by atoms with E-state index in [1.54, 1.807) is 7.11 Å². The summed E-state index contributed by atoms with van der Waals surface area (Å²) in [4.78, 5) is 23.1. The number of amides is 1. The summed E-state index contributed by atoms with van der Waals surface area (Å²) in [6.45, 7) is 12.1. The number of alkyl halides is 1. The number of carbonyl (C=O) groups excluding carboxylic acids is 1. The van der Waals surface area contributed by atoms with E-state index in [0.29, 0.717) is 38.8 Å². The summed E-state index contributed by atoms with van der Waals surface area (Å²) in [7, 11) is 1.67. The summed E-state index contributed by atoms with van der Waals surface area (Å²) in [5, 5.41) is 3.21. The number of likely N-dealkylation sites (tertiary alicyclic amines) is 1. The van der Waals surface area contributed by atoms with Crippen LogP contribution in [0.2, 0.25) is 0 Å². The van der Waals surface area contributed by atoms with E-state index in [9.17, 15) is 4.79 Å². The summed E-state index contributed by atoms with van der Waals surface area (Å²) in [6.07, 6.45) is 8.24. The molecule has 0 saturated carbocycles. The number of allylic oxidation sites excluding steroid dienone is 2. The van der Waals surface area contributed by atoms with Crippen molar-refractivity contribution in [1.82, 2.24) is 15.1 Å². The molecular formula is C32H51FN4O3. The van der Waals surface area contributed by atoms with Crippen LogP contribution in [-0.4, -0.2) is 91.8 Å². The monoisotopic (exact) mass is 558 g/mol. The van der Waals surface area contributed by atoms with Crippen LogP contribution in [-0.2, 0) is 20.9 Å². The lowest BCUT2D eigenvalue weighted by molar-refractivity contribution is -0.139. The topological polar surface area (TPSA) is 66.4 Å². The molecule has 1 aromatic carbocycles. The van der Waals surface area contributed by atoms with Crippen molar-refractivity contribution in [2.45, 2.75) is 83.3 Å². The number of rotatable bonds is 12. The molecule has 4 heterocycles. The van der Waals surface area contributed by atoms with Gasteiger partial charge >= 0.3 is 0 Å². The number of nitrogens with one attached hydrogen (secondary N) is 1. The molecule has 4 fully saturated rings. The minimum Gasteiger partial charge on any atom is -0.382 e. The number of hydrogen-bond acceptors (Lipinski definition) is 6. The molecule has 4 saturated heterocycles. The van der Waals surface area contributed by atoms with Gasteiger partial charge in [0.1, 0.15) is 6.17 Å². The van der Waals surface area contributed by atoms with Crippen LogP contribution in [0.5, 0.6) is 0 Å². The van der Waals surface area contributed by atoms with E-state index in [2.05, 4.69) is 53.2 Å². The first-order chi connectivity index (χ1) is 19.3. The molecule has 1 N–H and O–H groups in total. The molecule has 0 aliphatic carbocycles. The number of fused-ring (bicyclic) bond motifs is 4. The fourth-order valence-corrected chi connectivity index (χ4v) is 6.40. The molecule has 1 aromatic rings. The van der Waals surface area contributed by atoms with Crippen LogP contribution in [0.15, 0.2) is 41.4 Å². The van der Waals surface area contributed by atoms with Crippen molar-refractivity contribution in [1.29, 1.82) is 0 Å². The predicted octanol–water partition coefficient (Wildman–Crippen LogP) is 4.99. The quantitative estimate of drug-likeness (QED) is 0.289. The molecule has 1 amide bonds. The van der Waals surface area contributed by atoms with Gasteiger partial charge in [0.05, 0.1) is 25.5 Å². The zero-order valence-corrected chi connectivity index (χ0v) is 25.0. The van der Waals surface area contributed by atoms with Crippen LogP contribution in [0.25, 0.3) is 0 Å². The Kier molecular flexibility index (Phi) is 10.9. The van der Waals surface area contributed by atoms with E-state index in [4.69, 9.17) is 14.5 Å². The van der Waals surface area contributed by atoms with Crippen LogP contribution < -0.4 is 5.32 Å². The van der Waals surface area contributed by atoms with Crippen molar-refractivity contribution in [3.8, 4) is 0 Å². The maximum absolute atomic E-state index is 16.1. The average Bonchev–Trinajstić information content (AvgIpc) is 3.22. The van der Waals surface area contributed by atoms with Crippen LogP contribution in [0.4, 0.5) is 4.39 Å². The van der Waals surface area contributed by atoms with Gasteiger partial charge in [-0.3, -0.25) is 14.7 Å². The van der Waals surface area contributed by atoms with Gasteiger partial charge in [0.25, 0.3) is 5.91 Å². The zero-order chi connectivity index (χ0) is 28.6. The number of hydrogen-bond donors (Lipinski definition) is 1. The van der Waals surface area contributed by atoms with Gasteiger partial charge < -0.3 is 19.7 Å². The number of halogens is 1. The van der Waals surface area contributed by atoms with Crippen molar-refractivity contribution in [2.24, 2.45) is 10.9 Å². The SMILES string of the molecule is C/C=C\C(=N/C(CC)N1CCC(F)(C(=O)NC2(C)CCN3CCC2CC3)CC1)c1ccc(COCCOC)cc1.[HH]. The molecular weight excluding hydrogens is 507 g/mol. The normalized spacial score (nSPS) is 28.0. The molecule has 2 unspecified atom stereocenters. The van der Waals surface area contributed by atoms with Crippen molar-refractivity contribution < 1.29 is 20.1 Å². The largest absolute Gasteiger partial charge is 0.382 e. The number of methoxy groups -OCH3 is 1.